The Hall–Kier alpha value is -1.83. The van der Waals surface area contributed by atoms with Gasteiger partial charge < -0.3 is 5.32 Å². The third-order valence-electron chi connectivity index (χ3n) is 3.93. The predicted molar refractivity (Wildman–Crippen MR) is 71.4 cm³/mol. The number of carbonyl (C=O) groups is 1. The first-order chi connectivity index (χ1) is 8.96. The summed E-state index contributed by atoms with van der Waals surface area (Å²) in [6.45, 7) is 4.03. The van der Waals surface area contributed by atoms with Gasteiger partial charge in [-0.05, 0) is 44.6 Å². The Balaban J connectivity index is 2.13. The standard InChI is InChI=1S/C14H20N4O/c1-10-4-6-14(9-15,7-5-10)16-13(19)12-8-11(2)17-18(12)3/h8,10H,4-7H2,1-3H3,(H,16,19). The van der Waals surface area contributed by atoms with Gasteiger partial charge >= 0.3 is 0 Å². The maximum absolute atomic E-state index is 12.3. The summed E-state index contributed by atoms with van der Waals surface area (Å²) >= 11 is 0. The molecule has 1 fully saturated rings. The van der Waals surface area contributed by atoms with Gasteiger partial charge in [-0.25, -0.2) is 0 Å². The molecule has 0 aromatic carbocycles. The molecule has 1 heterocycles. The first kappa shape index (κ1) is 13.6. The fraction of sp³-hybridized carbons (Fsp3) is 0.643. The summed E-state index contributed by atoms with van der Waals surface area (Å²) in [5.41, 5.74) is 0.601. The van der Waals surface area contributed by atoms with Gasteiger partial charge in [0.25, 0.3) is 5.91 Å². The van der Waals surface area contributed by atoms with Gasteiger partial charge in [0.2, 0.25) is 0 Å². The summed E-state index contributed by atoms with van der Waals surface area (Å²) in [6, 6.07) is 4.05. The average Bonchev–Trinajstić information content (AvgIpc) is 2.72. The van der Waals surface area contributed by atoms with Gasteiger partial charge in [0, 0.05) is 7.05 Å². The first-order valence-corrected chi connectivity index (χ1v) is 6.70. The topological polar surface area (TPSA) is 70.7 Å². The van der Waals surface area contributed by atoms with E-state index < -0.39 is 5.54 Å². The highest BCUT2D eigenvalue weighted by Gasteiger charge is 2.36. The molecular weight excluding hydrogens is 240 g/mol. The number of carbonyl (C=O) groups excluding carboxylic acids is 1. The van der Waals surface area contributed by atoms with Crippen molar-refractivity contribution in [1.82, 2.24) is 15.1 Å². The Kier molecular flexibility index (Phi) is 3.61. The molecule has 1 N–H and O–H groups in total. The zero-order valence-electron chi connectivity index (χ0n) is 11.7. The van der Waals surface area contributed by atoms with Crippen LogP contribution in [0.5, 0.6) is 0 Å². The molecule has 0 aliphatic heterocycles. The average molecular weight is 260 g/mol. The van der Waals surface area contributed by atoms with E-state index in [4.69, 9.17) is 0 Å². The molecule has 1 amide bonds. The van der Waals surface area contributed by atoms with Crippen molar-refractivity contribution >= 4 is 5.91 Å². The number of rotatable bonds is 2. The molecule has 1 aliphatic carbocycles. The van der Waals surface area contributed by atoms with Crippen molar-refractivity contribution in [1.29, 1.82) is 5.26 Å². The van der Waals surface area contributed by atoms with Gasteiger partial charge in [0.05, 0.1) is 11.8 Å². The van der Waals surface area contributed by atoms with Gasteiger partial charge in [-0.2, -0.15) is 10.4 Å². The minimum atomic E-state index is -0.707. The smallest absolute Gasteiger partial charge is 0.270 e. The van der Waals surface area contributed by atoms with Crippen LogP contribution >= 0.6 is 0 Å². The highest BCUT2D eigenvalue weighted by atomic mass is 16.2. The first-order valence-electron chi connectivity index (χ1n) is 6.70. The summed E-state index contributed by atoms with van der Waals surface area (Å²) in [6.07, 6.45) is 3.43. The molecule has 0 saturated heterocycles. The van der Waals surface area contributed by atoms with E-state index in [1.807, 2.05) is 6.92 Å². The fourth-order valence-corrected chi connectivity index (χ4v) is 2.62. The monoisotopic (exact) mass is 260 g/mol. The van der Waals surface area contributed by atoms with Crippen molar-refractivity contribution in [2.45, 2.75) is 45.1 Å². The van der Waals surface area contributed by atoms with E-state index in [9.17, 15) is 10.1 Å². The Labute approximate surface area is 113 Å². The summed E-state index contributed by atoms with van der Waals surface area (Å²) in [4.78, 5) is 12.3. The van der Waals surface area contributed by atoms with Crippen LogP contribution in [0.2, 0.25) is 0 Å². The highest BCUT2D eigenvalue weighted by molar-refractivity contribution is 5.93. The van der Waals surface area contributed by atoms with Gasteiger partial charge in [-0.15, -0.1) is 0 Å². The SMILES string of the molecule is Cc1cc(C(=O)NC2(C#N)CCC(C)CC2)n(C)n1. The number of amides is 1. The maximum Gasteiger partial charge on any atom is 0.270 e. The molecule has 19 heavy (non-hydrogen) atoms. The molecule has 0 spiro atoms. The number of nitrogens with zero attached hydrogens (tertiary/aromatic N) is 3. The molecule has 1 aliphatic rings. The van der Waals surface area contributed by atoms with E-state index >= 15 is 0 Å². The molecule has 2 rings (SSSR count). The second-order valence-corrected chi connectivity index (χ2v) is 5.63. The van der Waals surface area contributed by atoms with Crippen LogP contribution in [0.4, 0.5) is 0 Å². The molecule has 0 bridgehead atoms. The van der Waals surface area contributed by atoms with E-state index in [1.54, 1.807) is 17.8 Å². The number of aromatic nitrogens is 2. The molecule has 5 heteroatoms. The molecule has 0 atom stereocenters. The number of aryl methyl sites for hydroxylation is 2. The van der Waals surface area contributed by atoms with Crippen LogP contribution in [0, 0.1) is 24.2 Å². The Morgan fingerprint density at radius 1 is 1.58 bits per heavy atom. The Morgan fingerprint density at radius 2 is 2.21 bits per heavy atom. The summed E-state index contributed by atoms with van der Waals surface area (Å²) in [7, 11) is 1.74. The molecule has 0 unspecified atom stereocenters. The lowest BCUT2D eigenvalue weighted by atomic mass is 9.78. The van der Waals surface area contributed by atoms with Crippen molar-refractivity contribution in [2.75, 3.05) is 0 Å². The van der Waals surface area contributed by atoms with Crippen LogP contribution in [0.25, 0.3) is 0 Å². The van der Waals surface area contributed by atoms with Crippen LogP contribution < -0.4 is 5.32 Å². The summed E-state index contributed by atoms with van der Waals surface area (Å²) in [5, 5.41) is 16.5. The van der Waals surface area contributed by atoms with E-state index in [-0.39, 0.29) is 5.91 Å². The zero-order valence-corrected chi connectivity index (χ0v) is 11.7. The largest absolute Gasteiger partial charge is 0.332 e. The Morgan fingerprint density at radius 3 is 2.68 bits per heavy atom. The highest BCUT2D eigenvalue weighted by Crippen LogP contribution is 2.31. The number of nitrogens with one attached hydrogen (secondary N) is 1. The van der Waals surface area contributed by atoms with Crippen molar-refractivity contribution in [3.63, 3.8) is 0 Å². The second kappa shape index (κ2) is 5.04. The molecule has 0 radical (unpaired) electrons. The lowest BCUT2D eigenvalue weighted by molar-refractivity contribution is 0.0884. The predicted octanol–water partition coefficient (Wildman–Crippen LogP) is 1.93. The van der Waals surface area contributed by atoms with Gasteiger partial charge in [0.15, 0.2) is 0 Å². The normalized spacial score (nSPS) is 26.7. The molecule has 1 aromatic heterocycles. The molecule has 1 aromatic rings. The summed E-state index contributed by atoms with van der Waals surface area (Å²) < 4.78 is 1.56. The third kappa shape index (κ3) is 2.78. The van der Waals surface area contributed by atoms with E-state index in [2.05, 4.69) is 23.4 Å². The minimum Gasteiger partial charge on any atom is -0.332 e. The van der Waals surface area contributed by atoms with Crippen LogP contribution in [-0.2, 0) is 7.05 Å². The van der Waals surface area contributed by atoms with Crippen LogP contribution in [0.15, 0.2) is 6.07 Å². The summed E-state index contributed by atoms with van der Waals surface area (Å²) in [5.74, 6) is 0.427. The van der Waals surface area contributed by atoms with Crippen molar-refractivity contribution in [3.8, 4) is 6.07 Å². The number of hydrogen-bond donors (Lipinski definition) is 1. The molecule has 102 valence electrons. The van der Waals surface area contributed by atoms with Crippen molar-refractivity contribution in [2.24, 2.45) is 13.0 Å². The van der Waals surface area contributed by atoms with Gasteiger partial charge in [-0.3, -0.25) is 9.48 Å². The van der Waals surface area contributed by atoms with Crippen LogP contribution in [0.1, 0.15) is 48.8 Å². The maximum atomic E-state index is 12.3. The molecule has 5 nitrogen and oxygen atoms in total. The quantitative estimate of drug-likeness (QED) is 0.883. The molecule has 1 saturated carbocycles. The van der Waals surface area contributed by atoms with Crippen molar-refractivity contribution in [3.05, 3.63) is 17.5 Å². The third-order valence-corrected chi connectivity index (χ3v) is 3.93. The van der Waals surface area contributed by atoms with Crippen LogP contribution in [-0.4, -0.2) is 21.2 Å². The van der Waals surface area contributed by atoms with E-state index in [0.717, 1.165) is 31.4 Å². The minimum absolute atomic E-state index is 0.209. The fourth-order valence-electron chi connectivity index (χ4n) is 2.62. The number of hydrogen-bond acceptors (Lipinski definition) is 3. The van der Waals surface area contributed by atoms with Gasteiger partial charge in [-0.1, -0.05) is 6.92 Å². The second-order valence-electron chi connectivity index (χ2n) is 5.63. The van der Waals surface area contributed by atoms with E-state index in [1.165, 1.54) is 0 Å². The number of nitriles is 1. The zero-order chi connectivity index (χ0) is 14.0. The van der Waals surface area contributed by atoms with Crippen LogP contribution in [0.3, 0.4) is 0 Å². The Bertz CT molecular complexity index is 518. The lowest BCUT2D eigenvalue weighted by Gasteiger charge is -2.34. The molecular formula is C14H20N4O. The van der Waals surface area contributed by atoms with Crippen molar-refractivity contribution < 1.29 is 4.79 Å². The lowest BCUT2D eigenvalue weighted by Crippen LogP contribution is -2.49. The van der Waals surface area contributed by atoms with E-state index in [0.29, 0.717) is 11.6 Å². The van der Waals surface area contributed by atoms with Gasteiger partial charge in [0.1, 0.15) is 11.2 Å².